The van der Waals surface area contributed by atoms with Gasteiger partial charge in [0.25, 0.3) is 10.0 Å². The first-order valence-electron chi connectivity index (χ1n) is 12.1. The molecule has 182 valence electrons. The van der Waals surface area contributed by atoms with Crippen LogP contribution in [0.25, 0.3) is 0 Å². The van der Waals surface area contributed by atoms with E-state index in [-0.39, 0.29) is 22.8 Å². The molecule has 4 rings (SSSR count). The van der Waals surface area contributed by atoms with Gasteiger partial charge in [0.1, 0.15) is 0 Å². The summed E-state index contributed by atoms with van der Waals surface area (Å²) in [4.78, 5) is 24.6. The largest absolute Gasteiger partial charge is 0.353 e. The molecule has 2 aromatic carbocycles. The molecule has 0 aromatic heterocycles. The van der Waals surface area contributed by atoms with Gasteiger partial charge in [0, 0.05) is 23.8 Å². The molecule has 0 spiro atoms. The van der Waals surface area contributed by atoms with E-state index in [1.807, 2.05) is 12.1 Å². The summed E-state index contributed by atoms with van der Waals surface area (Å²) >= 11 is 0. The van der Waals surface area contributed by atoms with E-state index in [1.165, 1.54) is 12.1 Å². The molecule has 0 unspecified atom stereocenters. The average molecular weight is 484 g/mol. The lowest BCUT2D eigenvalue weighted by atomic mass is 9.86. The van der Waals surface area contributed by atoms with Gasteiger partial charge >= 0.3 is 0 Å². The number of rotatable bonds is 8. The lowest BCUT2D eigenvalue weighted by molar-refractivity contribution is -0.124. The highest BCUT2D eigenvalue weighted by atomic mass is 32.2. The van der Waals surface area contributed by atoms with Gasteiger partial charge in [0.05, 0.1) is 10.3 Å². The van der Waals surface area contributed by atoms with Crippen molar-refractivity contribution in [3.63, 3.8) is 0 Å². The Labute approximate surface area is 201 Å². The van der Waals surface area contributed by atoms with Crippen molar-refractivity contribution in [3.8, 4) is 0 Å². The number of amides is 2. The van der Waals surface area contributed by atoms with Crippen molar-refractivity contribution in [2.45, 2.75) is 75.1 Å². The smallest absolute Gasteiger partial charge is 0.261 e. The molecule has 0 heterocycles. The van der Waals surface area contributed by atoms with E-state index >= 15 is 0 Å². The van der Waals surface area contributed by atoms with Gasteiger partial charge in [0.2, 0.25) is 11.8 Å². The zero-order valence-corrected chi connectivity index (χ0v) is 20.6. The normalized spacial score (nSPS) is 21.4. The monoisotopic (exact) mass is 483 g/mol. The molecule has 2 aliphatic rings. The second-order valence-corrected chi connectivity index (χ2v) is 11.3. The zero-order chi connectivity index (χ0) is 24.3. The van der Waals surface area contributed by atoms with Gasteiger partial charge in [-0.2, -0.15) is 0 Å². The molecule has 0 aliphatic heterocycles. The molecule has 2 saturated carbocycles. The molecular weight excluding hydrogens is 450 g/mol. The Hall–Kier alpha value is -2.87. The van der Waals surface area contributed by atoms with Crippen LogP contribution in [0.15, 0.2) is 53.4 Å². The standard InChI is InChI=1S/C26H33N3O4S/c1-3-24(30)27-20-12-14-23(15-13-20)34(32,33)29-22-10-6-19(7-11-22)26(16-17-26)25(31)28-21-8-4-18(2)5-9-21/h6-7,10-15,18,21,29H,3-5,8-9,16-17H2,1-2H3,(H,27,30)(H,28,31). The number of carbonyl (C=O) groups excluding carboxylic acids is 2. The minimum absolute atomic E-state index is 0.0932. The lowest BCUT2D eigenvalue weighted by Crippen LogP contribution is -2.43. The Morgan fingerprint density at radius 3 is 2.06 bits per heavy atom. The molecule has 0 radical (unpaired) electrons. The molecule has 2 aromatic rings. The zero-order valence-electron chi connectivity index (χ0n) is 19.8. The van der Waals surface area contributed by atoms with E-state index in [2.05, 4.69) is 22.3 Å². The first kappa shape index (κ1) is 24.3. The van der Waals surface area contributed by atoms with Gasteiger partial charge in [-0.3, -0.25) is 14.3 Å². The third kappa shape index (κ3) is 5.43. The first-order valence-corrected chi connectivity index (χ1v) is 13.5. The summed E-state index contributed by atoms with van der Waals surface area (Å²) in [7, 11) is -3.78. The van der Waals surface area contributed by atoms with Gasteiger partial charge in [-0.25, -0.2) is 8.42 Å². The van der Waals surface area contributed by atoms with Crippen LogP contribution >= 0.6 is 0 Å². The number of nitrogens with one attached hydrogen (secondary N) is 3. The predicted octanol–water partition coefficient (Wildman–Crippen LogP) is 4.56. The van der Waals surface area contributed by atoms with Crippen molar-refractivity contribution < 1.29 is 18.0 Å². The minimum atomic E-state index is -3.78. The third-order valence-electron chi connectivity index (χ3n) is 6.99. The van der Waals surface area contributed by atoms with Crippen molar-refractivity contribution in [3.05, 3.63) is 54.1 Å². The Bertz CT molecular complexity index is 1130. The molecule has 34 heavy (non-hydrogen) atoms. The van der Waals surface area contributed by atoms with E-state index in [1.54, 1.807) is 31.2 Å². The minimum Gasteiger partial charge on any atom is -0.353 e. The average Bonchev–Trinajstić information content (AvgIpc) is 3.63. The van der Waals surface area contributed by atoms with Crippen molar-refractivity contribution >= 4 is 33.2 Å². The maximum Gasteiger partial charge on any atom is 0.261 e. The highest BCUT2D eigenvalue weighted by Gasteiger charge is 2.51. The lowest BCUT2D eigenvalue weighted by Gasteiger charge is -2.28. The van der Waals surface area contributed by atoms with Crippen LogP contribution in [0.1, 0.15) is 64.4 Å². The first-order chi connectivity index (χ1) is 16.2. The van der Waals surface area contributed by atoms with E-state index < -0.39 is 15.4 Å². The number of hydrogen-bond acceptors (Lipinski definition) is 4. The second-order valence-electron chi connectivity index (χ2n) is 9.62. The van der Waals surface area contributed by atoms with Crippen LogP contribution in [-0.4, -0.2) is 26.3 Å². The van der Waals surface area contributed by atoms with Crippen LogP contribution in [0.2, 0.25) is 0 Å². The molecule has 7 nitrogen and oxygen atoms in total. The maximum absolute atomic E-state index is 13.0. The predicted molar refractivity (Wildman–Crippen MR) is 133 cm³/mol. The molecule has 2 amide bonds. The van der Waals surface area contributed by atoms with E-state index in [9.17, 15) is 18.0 Å². The Morgan fingerprint density at radius 2 is 1.50 bits per heavy atom. The van der Waals surface area contributed by atoms with Crippen molar-refractivity contribution in [2.24, 2.45) is 5.92 Å². The van der Waals surface area contributed by atoms with Gasteiger partial charge in [0.15, 0.2) is 0 Å². The van der Waals surface area contributed by atoms with E-state index in [0.717, 1.165) is 50.0 Å². The molecule has 8 heteroatoms. The van der Waals surface area contributed by atoms with E-state index in [0.29, 0.717) is 17.8 Å². The molecule has 2 aliphatic carbocycles. The van der Waals surface area contributed by atoms with Crippen LogP contribution in [0.3, 0.4) is 0 Å². The van der Waals surface area contributed by atoms with Crippen LogP contribution in [-0.2, 0) is 25.0 Å². The fourth-order valence-corrected chi connectivity index (χ4v) is 5.60. The number of anilines is 2. The molecular formula is C26H33N3O4S. The van der Waals surface area contributed by atoms with Crippen molar-refractivity contribution in [2.75, 3.05) is 10.0 Å². The fourth-order valence-electron chi connectivity index (χ4n) is 4.54. The molecule has 0 bridgehead atoms. The quantitative estimate of drug-likeness (QED) is 0.512. The summed E-state index contributed by atoms with van der Waals surface area (Å²) < 4.78 is 28.1. The fraction of sp³-hybridized carbons (Fsp3) is 0.462. The molecule has 0 saturated heterocycles. The summed E-state index contributed by atoms with van der Waals surface area (Å²) in [5.41, 5.74) is 1.42. The summed E-state index contributed by atoms with van der Waals surface area (Å²) in [5, 5.41) is 5.95. The molecule has 2 fully saturated rings. The third-order valence-corrected chi connectivity index (χ3v) is 8.39. The Balaban J connectivity index is 1.39. The topological polar surface area (TPSA) is 104 Å². The van der Waals surface area contributed by atoms with Gasteiger partial charge in [-0.05, 0) is 86.4 Å². The van der Waals surface area contributed by atoms with Gasteiger partial charge in [-0.1, -0.05) is 26.0 Å². The van der Waals surface area contributed by atoms with E-state index in [4.69, 9.17) is 0 Å². The van der Waals surface area contributed by atoms with Crippen LogP contribution in [0.4, 0.5) is 11.4 Å². The van der Waals surface area contributed by atoms with Gasteiger partial charge < -0.3 is 10.6 Å². The van der Waals surface area contributed by atoms with Crippen molar-refractivity contribution in [1.29, 1.82) is 0 Å². The number of benzene rings is 2. The van der Waals surface area contributed by atoms with Crippen LogP contribution in [0, 0.1) is 5.92 Å². The summed E-state index contributed by atoms with van der Waals surface area (Å²) in [6.45, 7) is 4.01. The molecule has 0 atom stereocenters. The highest BCUT2D eigenvalue weighted by Crippen LogP contribution is 2.49. The summed E-state index contributed by atoms with van der Waals surface area (Å²) in [6.07, 6.45) is 6.36. The Kier molecular flexibility index (Phi) is 6.98. The maximum atomic E-state index is 13.0. The SMILES string of the molecule is CCC(=O)Nc1ccc(S(=O)(=O)Nc2ccc(C3(C(=O)NC4CCC(C)CC4)CC3)cc2)cc1. The number of sulfonamides is 1. The Morgan fingerprint density at radius 1 is 0.912 bits per heavy atom. The van der Waals surface area contributed by atoms with Crippen LogP contribution < -0.4 is 15.4 Å². The number of carbonyl (C=O) groups is 2. The summed E-state index contributed by atoms with van der Waals surface area (Å²) in [5.74, 6) is 0.694. The van der Waals surface area contributed by atoms with Crippen LogP contribution in [0.5, 0.6) is 0 Å². The van der Waals surface area contributed by atoms with Crippen molar-refractivity contribution in [1.82, 2.24) is 5.32 Å². The summed E-state index contributed by atoms with van der Waals surface area (Å²) in [6, 6.07) is 13.4. The highest BCUT2D eigenvalue weighted by molar-refractivity contribution is 7.92. The number of hydrogen-bond donors (Lipinski definition) is 3. The van der Waals surface area contributed by atoms with Gasteiger partial charge in [-0.15, -0.1) is 0 Å². The molecule has 3 N–H and O–H groups in total. The second kappa shape index (κ2) is 9.78.